The number of halogens is 2. The summed E-state index contributed by atoms with van der Waals surface area (Å²) in [6.45, 7) is 1.44. The maximum Gasteiger partial charge on any atom is 0.254 e. The Bertz CT molecular complexity index is 398. The molecule has 0 aliphatic heterocycles. The maximum atomic E-state index is 13.1. The van der Waals surface area contributed by atoms with Gasteiger partial charge >= 0.3 is 0 Å². The molecule has 1 nitrogen and oxygen atoms in total. The second-order valence-electron chi connectivity index (χ2n) is 4.03. The third kappa shape index (κ3) is 1.78. The second kappa shape index (κ2) is 3.40. The van der Waals surface area contributed by atoms with Crippen molar-refractivity contribution in [3.63, 3.8) is 0 Å². The molecule has 0 saturated heterocycles. The van der Waals surface area contributed by atoms with Crippen molar-refractivity contribution in [2.24, 2.45) is 0 Å². The second-order valence-corrected chi connectivity index (χ2v) is 4.03. The number of carbonyl (C=O) groups excluding carboxylic acids is 1. The first-order valence-corrected chi connectivity index (χ1v) is 4.99. The van der Waals surface area contributed by atoms with E-state index in [0.29, 0.717) is 17.5 Å². The normalized spacial score (nSPS) is 23.3. The van der Waals surface area contributed by atoms with E-state index in [1.54, 1.807) is 24.3 Å². The molecule has 2 rings (SSSR count). The lowest BCUT2D eigenvalue weighted by Gasteiger charge is -2.36. The molecule has 0 spiro atoms. The van der Waals surface area contributed by atoms with Crippen molar-refractivity contribution < 1.29 is 13.6 Å². The van der Waals surface area contributed by atoms with Gasteiger partial charge in [0, 0.05) is 17.9 Å². The molecule has 1 saturated carbocycles. The molecule has 0 N–H and O–H groups in total. The SMILES string of the molecule is CC(=O)c1cccc(C2CCC2(F)F)c1. The van der Waals surface area contributed by atoms with Crippen molar-refractivity contribution in [3.8, 4) is 0 Å². The molecule has 3 heteroatoms. The summed E-state index contributed by atoms with van der Waals surface area (Å²) in [6.07, 6.45) is 0.469. The molecule has 0 aromatic heterocycles. The molecule has 1 atom stereocenters. The molecule has 1 aliphatic rings. The Kier molecular flexibility index (Phi) is 2.33. The molecule has 80 valence electrons. The molecule has 1 aromatic carbocycles. The average Bonchev–Trinajstić information content (AvgIpc) is 2.17. The van der Waals surface area contributed by atoms with Crippen LogP contribution in [0.2, 0.25) is 0 Å². The van der Waals surface area contributed by atoms with E-state index >= 15 is 0 Å². The topological polar surface area (TPSA) is 17.1 Å². The fourth-order valence-electron chi connectivity index (χ4n) is 1.89. The summed E-state index contributed by atoms with van der Waals surface area (Å²) in [5.41, 5.74) is 1.09. The minimum Gasteiger partial charge on any atom is -0.295 e. The number of ketones is 1. The number of rotatable bonds is 2. The number of Topliss-reactive ketones (excluding diaryl/α,β-unsaturated/α-hetero) is 1. The van der Waals surface area contributed by atoms with Gasteiger partial charge < -0.3 is 0 Å². The van der Waals surface area contributed by atoms with Gasteiger partial charge in [-0.25, -0.2) is 8.78 Å². The molecule has 1 fully saturated rings. The number of hydrogen-bond donors (Lipinski definition) is 0. The Morgan fingerprint density at radius 3 is 2.67 bits per heavy atom. The van der Waals surface area contributed by atoms with E-state index in [0.717, 1.165) is 0 Å². The molecule has 15 heavy (non-hydrogen) atoms. The smallest absolute Gasteiger partial charge is 0.254 e. The van der Waals surface area contributed by atoms with E-state index in [9.17, 15) is 13.6 Å². The molecular formula is C12H12F2O. The number of carbonyl (C=O) groups is 1. The highest BCUT2D eigenvalue weighted by Gasteiger charge is 2.48. The first-order chi connectivity index (χ1) is 7.00. The molecule has 1 aliphatic carbocycles. The average molecular weight is 210 g/mol. The summed E-state index contributed by atoms with van der Waals surface area (Å²) in [6, 6.07) is 6.58. The zero-order chi connectivity index (χ0) is 11.1. The predicted molar refractivity (Wildman–Crippen MR) is 53.4 cm³/mol. The molecule has 0 radical (unpaired) electrons. The van der Waals surface area contributed by atoms with Crippen LogP contribution in [0.15, 0.2) is 24.3 Å². The summed E-state index contributed by atoms with van der Waals surface area (Å²) in [5, 5.41) is 0. The zero-order valence-corrected chi connectivity index (χ0v) is 8.47. The van der Waals surface area contributed by atoms with Gasteiger partial charge in [-0.3, -0.25) is 4.79 Å². The third-order valence-electron chi connectivity index (χ3n) is 2.97. The molecule has 1 unspecified atom stereocenters. The largest absolute Gasteiger partial charge is 0.295 e. The highest BCUT2D eigenvalue weighted by Crippen LogP contribution is 2.49. The Morgan fingerprint density at radius 2 is 2.20 bits per heavy atom. The van der Waals surface area contributed by atoms with Crippen LogP contribution in [0.5, 0.6) is 0 Å². The lowest BCUT2D eigenvalue weighted by Crippen LogP contribution is -2.36. The van der Waals surface area contributed by atoms with Crippen molar-refractivity contribution in [3.05, 3.63) is 35.4 Å². The fourth-order valence-corrected chi connectivity index (χ4v) is 1.89. The number of hydrogen-bond acceptors (Lipinski definition) is 1. The van der Waals surface area contributed by atoms with Gasteiger partial charge in [-0.05, 0) is 25.0 Å². The first-order valence-electron chi connectivity index (χ1n) is 4.99. The molecule has 0 bridgehead atoms. The molecule has 1 aromatic rings. The molecule has 0 amide bonds. The van der Waals surface area contributed by atoms with E-state index < -0.39 is 11.8 Å². The first kappa shape index (κ1) is 10.3. The summed E-state index contributed by atoms with van der Waals surface area (Å²) in [5.74, 6) is -3.37. The quantitative estimate of drug-likeness (QED) is 0.684. The Labute approximate surface area is 87.1 Å². The molecule has 0 heterocycles. The van der Waals surface area contributed by atoms with Crippen LogP contribution in [0, 0.1) is 0 Å². The van der Waals surface area contributed by atoms with Crippen LogP contribution in [0.3, 0.4) is 0 Å². The number of alkyl halides is 2. The van der Waals surface area contributed by atoms with E-state index in [1.165, 1.54) is 6.92 Å². The van der Waals surface area contributed by atoms with Crippen molar-refractivity contribution in [2.75, 3.05) is 0 Å². The lowest BCUT2D eigenvalue weighted by molar-refractivity contribution is -0.0962. The standard InChI is InChI=1S/C12H12F2O/c1-8(15)9-3-2-4-10(7-9)11-5-6-12(11,13)14/h2-4,7,11H,5-6H2,1H3. The lowest BCUT2D eigenvalue weighted by atomic mass is 9.75. The van der Waals surface area contributed by atoms with Crippen LogP contribution < -0.4 is 0 Å². The number of benzene rings is 1. The zero-order valence-electron chi connectivity index (χ0n) is 8.47. The van der Waals surface area contributed by atoms with Gasteiger partial charge in [0.15, 0.2) is 5.78 Å². The third-order valence-corrected chi connectivity index (χ3v) is 2.97. The highest BCUT2D eigenvalue weighted by atomic mass is 19.3. The van der Waals surface area contributed by atoms with Crippen LogP contribution in [0.1, 0.15) is 41.6 Å². The van der Waals surface area contributed by atoms with Crippen LogP contribution in [0.4, 0.5) is 8.78 Å². The van der Waals surface area contributed by atoms with Crippen molar-refractivity contribution in [1.29, 1.82) is 0 Å². The maximum absolute atomic E-state index is 13.1. The summed E-state index contributed by atoms with van der Waals surface area (Å²) >= 11 is 0. The van der Waals surface area contributed by atoms with Crippen molar-refractivity contribution in [1.82, 2.24) is 0 Å². The summed E-state index contributed by atoms with van der Waals surface area (Å²) in [7, 11) is 0. The Hall–Kier alpha value is -1.25. The van der Waals surface area contributed by atoms with E-state index in [4.69, 9.17) is 0 Å². The van der Waals surface area contributed by atoms with Gasteiger partial charge in [0.2, 0.25) is 0 Å². The van der Waals surface area contributed by atoms with E-state index in [2.05, 4.69) is 0 Å². The predicted octanol–water partition coefficient (Wildman–Crippen LogP) is 3.40. The highest BCUT2D eigenvalue weighted by molar-refractivity contribution is 5.94. The molecular weight excluding hydrogens is 198 g/mol. The van der Waals surface area contributed by atoms with Gasteiger partial charge in [0.05, 0.1) is 0 Å². The van der Waals surface area contributed by atoms with E-state index in [-0.39, 0.29) is 12.2 Å². The van der Waals surface area contributed by atoms with Gasteiger partial charge in [-0.2, -0.15) is 0 Å². The fraction of sp³-hybridized carbons (Fsp3) is 0.417. The van der Waals surface area contributed by atoms with Gasteiger partial charge in [-0.15, -0.1) is 0 Å². The van der Waals surface area contributed by atoms with E-state index in [1.807, 2.05) is 0 Å². The van der Waals surface area contributed by atoms with Gasteiger partial charge in [0.1, 0.15) is 0 Å². The summed E-state index contributed by atoms with van der Waals surface area (Å²) in [4.78, 5) is 11.1. The van der Waals surface area contributed by atoms with Crippen molar-refractivity contribution >= 4 is 5.78 Å². The Balaban J connectivity index is 2.30. The monoisotopic (exact) mass is 210 g/mol. The van der Waals surface area contributed by atoms with Gasteiger partial charge in [-0.1, -0.05) is 18.2 Å². The van der Waals surface area contributed by atoms with Crippen LogP contribution in [-0.4, -0.2) is 11.7 Å². The van der Waals surface area contributed by atoms with Crippen LogP contribution in [-0.2, 0) is 0 Å². The van der Waals surface area contributed by atoms with Crippen molar-refractivity contribution in [2.45, 2.75) is 31.6 Å². The minimum absolute atomic E-state index is 0.0397. The summed E-state index contributed by atoms with van der Waals surface area (Å²) < 4.78 is 26.3. The minimum atomic E-state index is -2.59. The van der Waals surface area contributed by atoms with Crippen LogP contribution in [0.25, 0.3) is 0 Å². The van der Waals surface area contributed by atoms with Crippen LogP contribution >= 0.6 is 0 Å². The Morgan fingerprint density at radius 1 is 1.47 bits per heavy atom. The van der Waals surface area contributed by atoms with Gasteiger partial charge in [0.25, 0.3) is 5.92 Å².